The minimum Gasteiger partial charge on any atom is -0.399 e. The molecule has 3 N–H and O–H groups in total. The van der Waals surface area contributed by atoms with Gasteiger partial charge in [-0.05, 0) is 31.2 Å². The van der Waals surface area contributed by atoms with Crippen LogP contribution in [0.5, 0.6) is 0 Å². The Morgan fingerprint density at radius 2 is 1.93 bits per heavy atom. The predicted octanol–water partition coefficient (Wildman–Crippen LogP) is 0.355. The van der Waals surface area contributed by atoms with Crippen LogP contribution >= 0.6 is 0 Å². The third-order valence-corrected chi connectivity index (χ3v) is 3.15. The van der Waals surface area contributed by atoms with Gasteiger partial charge in [0.05, 0.1) is 17.6 Å². The first kappa shape index (κ1) is 12.0. The Labute approximate surface area is 88.6 Å². The summed E-state index contributed by atoms with van der Waals surface area (Å²) in [6, 6.07) is 5.66. The average Bonchev–Trinajstić information content (AvgIpc) is 2.17. The van der Waals surface area contributed by atoms with E-state index in [9.17, 15) is 8.42 Å². The van der Waals surface area contributed by atoms with E-state index in [0.29, 0.717) is 5.69 Å². The second-order valence-electron chi connectivity index (χ2n) is 3.11. The van der Waals surface area contributed by atoms with E-state index in [0.717, 1.165) is 0 Å². The van der Waals surface area contributed by atoms with Crippen molar-refractivity contribution in [2.24, 2.45) is 0 Å². The Kier molecular flexibility index (Phi) is 3.67. The van der Waals surface area contributed by atoms with E-state index in [1.165, 1.54) is 31.2 Å². The lowest BCUT2D eigenvalue weighted by Gasteiger charge is -2.10. The van der Waals surface area contributed by atoms with Gasteiger partial charge >= 0.3 is 0 Å². The Bertz CT molecular complexity index is 412. The number of nitrogens with two attached hydrogens (primary N) is 1. The molecule has 0 heterocycles. The lowest BCUT2D eigenvalue weighted by Crippen LogP contribution is -2.18. The second-order valence-corrected chi connectivity index (χ2v) is 4.68. The van der Waals surface area contributed by atoms with Crippen LogP contribution in [-0.4, -0.2) is 26.2 Å². The van der Waals surface area contributed by atoms with Crippen LogP contribution in [0.1, 0.15) is 6.92 Å². The number of nitrogen functional groups attached to an aromatic ring is 1. The topological polar surface area (TPSA) is 89.6 Å². The monoisotopic (exact) mass is 231 g/mol. The maximum atomic E-state index is 11.5. The molecule has 5 nitrogen and oxygen atoms in total. The van der Waals surface area contributed by atoms with Gasteiger partial charge in [0.25, 0.3) is 10.1 Å². The minimum atomic E-state index is -3.80. The third-order valence-electron chi connectivity index (χ3n) is 1.72. The molecule has 1 atom stereocenters. The Morgan fingerprint density at radius 3 is 2.40 bits per heavy atom. The summed E-state index contributed by atoms with van der Waals surface area (Å²) in [5, 5.41) is 8.68. The van der Waals surface area contributed by atoms with Crippen LogP contribution < -0.4 is 5.73 Å². The SMILES string of the molecule is CC(CO)OS(=O)(=O)c1ccc(N)cc1. The fraction of sp³-hybridized carbons (Fsp3) is 0.333. The van der Waals surface area contributed by atoms with E-state index in [2.05, 4.69) is 0 Å². The van der Waals surface area contributed by atoms with Crippen LogP contribution in [0, 0.1) is 0 Å². The van der Waals surface area contributed by atoms with Crippen molar-refractivity contribution in [3.8, 4) is 0 Å². The molecule has 0 saturated heterocycles. The number of benzene rings is 1. The van der Waals surface area contributed by atoms with Gasteiger partial charge in [0.15, 0.2) is 0 Å². The Morgan fingerprint density at radius 1 is 1.40 bits per heavy atom. The van der Waals surface area contributed by atoms with Crippen LogP contribution in [-0.2, 0) is 14.3 Å². The van der Waals surface area contributed by atoms with E-state index >= 15 is 0 Å². The summed E-state index contributed by atoms with van der Waals surface area (Å²) < 4.78 is 27.8. The van der Waals surface area contributed by atoms with E-state index in [4.69, 9.17) is 15.0 Å². The van der Waals surface area contributed by atoms with Gasteiger partial charge in [-0.15, -0.1) is 0 Å². The van der Waals surface area contributed by atoms with Crippen molar-refractivity contribution in [2.75, 3.05) is 12.3 Å². The number of aliphatic hydroxyl groups excluding tert-OH is 1. The average molecular weight is 231 g/mol. The summed E-state index contributed by atoms with van der Waals surface area (Å²) in [6.45, 7) is 1.11. The van der Waals surface area contributed by atoms with Gasteiger partial charge in [0, 0.05) is 5.69 Å². The van der Waals surface area contributed by atoms with Crippen LogP contribution in [0.15, 0.2) is 29.2 Å². The largest absolute Gasteiger partial charge is 0.399 e. The molecule has 6 heteroatoms. The molecule has 84 valence electrons. The fourth-order valence-electron chi connectivity index (χ4n) is 0.937. The standard InChI is InChI=1S/C9H13NO4S/c1-7(6-11)14-15(12,13)9-4-2-8(10)3-5-9/h2-5,7,11H,6,10H2,1H3. The van der Waals surface area contributed by atoms with Crippen molar-refractivity contribution in [3.63, 3.8) is 0 Å². The predicted molar refractivity (Wildman–Crippen MR) is 55.7 cm³/mol. The van der Waals surface area contributed by atoms with Crippen LogP contribution in [0.2, 0.25) is 0 Å². The zero-order valence-electron chi connectivity index (χ0n) is 8.25. The first-order chi connectivity index (χ1) is 6.95. The molecular formula is C9H13NO4S. The number of rotatable bonds is 4. The molecule has 1 unspecified atom stereocenters. The quantitative estimate of drug-likeness (QED) is 0.576. The van der Waals surface area contributed by atoms with Crippen molar-refractivity contribution >= 4 is 15.8 Å². The molecule has 0 aromatic heterocycles. The summed E-state index contributed by atoms with van der Waals surface area (Å²) in [4.78, 5) is 0.0250. The van der Waals surface area contributed by atoms with E-state index < -0.39 is 16.2 Å². The van der Waals surface area contributed by atoms with Crippen molar-refractivity contribution in [3.05, 3.63) is 24.3 Å². The molecule has 0 bridgehead atoms. The maximum Gasteiger partial charge on any atom is 0.297 e. The highest BCUT2D eigenvalue weighted by Crippen LogP contribution is 2.15. The van der Waals surface area contributed by atoms with Gasteiger partial charge in [-0.2, -0.15) is 8.42 Å². The molecule has 15 heavy (non-hydrogen) atoms. The Hall–Kier alpha value is -1.11. The van der Waals surface area contributed by atoms with Gasteiger partial charge in [-0.1, -0.05) is 0 Å². The van der Waals surface area contributed by atoms with Gasteiger partial charge < -0.3 is 10.8 Å². The third kappa shape index (κ3) is 3.19. The highest BCUT2D eigenvalue weighted by molar-refractivity contribution is 7.86. The molecule has 0 radical (unpaired) electrons. The summed E-state index contributed by atoms with van der Waals surface area (Å²) in [6.07, 6.45) is -0.757. The van der Waals surface area contributed by atoms with Crippen LogP contribution in [0.4, 0.5) is 5.69 Å². The van der Waals surface area contributed by atoms with Gasteiger partial charge in [-0.25, -0.2) is 0 Å². The lowest BCUT2D eigenvalue weighted by molar-refractivity contribution is 0.135. The van der Waals surface area contributed by atoms with Crippen molar-refractivity contribution in [1.29, 1.82) is 0 Å². The molecule has 0 amide bonds. The van der Waals surface area contributed by atoms with Crippen molar-refractivity contribution in [1.82, 2.24) is 0 Å². The minimum absolute atomic E-state index is 0.0250. The smallest absolute Gasteiger partial charge is 0.297 e. The van der Waals surface area contributed by atoms with Crippen molar-refractivity contribution < 1.29 is 17.7 Å². The molecule has 0 aliphatic heterocycles. The normalized spacial score (nSPS) is 13.7. The zero-order valence-corrected chi connectivity index (χ0v) is 9.07. The summed E-state index contributed by atoms with van der Waals surface area (Å²) in [7, 11) is -3.80. The van der Waals surface area contributed by atoms with Gasteiger partial charge in [0.2, 0.25) is 0 Å². The zero-order chi connectivity index (χ0) is 11.5. The van der Waals surface area contributed by atoms with Gasteiger partial charge in [-0.3, -0.25) is 4.18 Å². The molecule has 1 aromatic carbocycles. The van der Waals surface area contributed by atoms with E-state index in [1.807, 2.05) is 0 Å². The highest BCUT2D eigenvalue weighted by Gasteiger charge is 2.18. The molecule has 0 aliphatic carbocycles. The number of hydrogen-bond donors (Lipinski definition) is 2. The molecule has 1 aromatic rings. The summed E-state index contributed by atoms with van der Waals surface area (Å²) >= 11 is 0. The van der Waals surface area contributed by atoms with E-state index in [-0.39, 0.29) is 11.5 Å². The molecule has 0 spiro atoms. The fourth-order valence-corrected chi connectivity index (χ4v) is 2.01. The lowest BCUT2D eigenvalue weighted by atomic mass is 10.3. The summed E-state index contributed by atoms with van der Waals surface area (Å²) in [5.41, 5.74) is 5.90. The molecule has 0 aliphatic rings. The van der Waals surface area contributed by atoms with E-state index in [1.54, 1.807) is 0 Å². The molecule has 0 fully saturated rings. The first-order valence-corrected chi connectivity index (χ1v) is 5.76. The maximum absolute atomic E-state index is 11.5. The number of hydrogen-bond acceptors (Lipinski definition) is 5. The number of aliphatic hydroxyl groups is 1. The Balaban J connectivity index is 2.91. The van der Waals surface area contributed by atoms with Crippen molar-refractivity contribution in [2.45, 2.75) is 17.9 Å². The van der Waals surface area contributed by atoms with Crippen LogP contribution in [0.25, 0.3) is 0 Å². The molecular weight excluding hydrogens is 218 g/mol. The molecule has 1 rings (SSSR count). The number of anilines is 1. The van der Waals surface area contributed by atoms with Gasteiger partial charge in [0.1, 0.15) is 0 Å². The summed E-state index contributed by atoms with van der Waals surface area (Å²) in [5.74, 6) is 0. The molecule has 0 saturated carbocycles. The highest BCUT2D eigenvalue weighted by atomic mass is 32.2. The second kappa shape index (κ2) is 4.61. The van der Waals surface area contributed by atoms with Crippen LogP contribution in [0.3, 0.4) is 0 Å². The first-order valence-electron chi connectivity index (χ1n) is 4.35.